The maximum absolute atomic E-state index is 13.9. The zero-order valence-corrected chi connectivity index (χ0v) is 18.9. The average molecular weight is 452 g/mol. The topological polar surface area (TPSA) is 63.7 Å². The summed E-state index contributed by atoms with van der Waals surface area (Å²) in [7, 11) is 0. The van der Waals surface area contributed by atoms with Gasteiger partial charge in [-0.25, -0.2) is 4.90 Å². The van der Waals surface area contributed by atoms with Crippen LogP contribution in [0.4, 0.5) is 5.69 Å². The second kappa shape index (κ2) is 7.66. The number of benzene rings is 3. The number of hydrogen-bond acceptors (Lipinski definition) is 4. The van der Waals surface area contributed by atoms with Crippen LogP contribution in [-0.4, -0.2) is 24.7 Å². The molecule has 0 unspecified atom stereocenters. The highest BCUT2D eigenvalue weighted by atomic mass is 16.5. The molecule has 0 spiro atoms. The fourth-order valence-corrected chi connectivity index (χ4v) is 6.31. The minimum absolute atomic E-state index is 0.241. The van der Waals surface area contributed by atoms with Crippen molar-refractivity contribution in [1.29, 1.82) is 0 Å². The molecule has 5 nitrogen and oxygen atoms in total. The van der Waals surface area contributed by atoms with Gasteiger partial charge in [0.05, 0.1) is 29.5 Å². The summed E-state index contributed by atoms with van der Waals surface area (Å²) >= 11 is 0. The second-order valence-corrected chi connectivity index (χ2v) is 9.35. The maximum atomic E-state index is 13.9. The van der Waals surface area contributed by atoms with Gasteiger partial charge < -0.3 is 9.53 Å². The van der Waals surface area contributed by atoms with Gasteiger partial charge in [-0.05, 0) is 52.9 Å². The van der Waals surface area contributed by atoms with E-state index >= 15 is 0 Å². The smallest absolute Gasteiger partial charge is 0.239 e. The summed E-state index contributed by atoms with van der Waals surface area (Å²) in [6.07, 6.45) is 2.91. The zero-order chi connectivity index (χ0) is 23.4. The van der Waals surface area contributed by atoms with Crippen LogP contribution >= 0.6 is 0 Å². The van der Waals surface area contributed by atoms with E-state index in [1.165, 1.54) is 4.90 Å². The number of unbranched alkanes of at least 4 members (excludes halogenated alkanes) is 1. The van der Waals surface area contributed by atoms with Gasteiger partial charge in [0.25, 0.3) is 0 Å². The quantitative estimate of drug-likeness (QED) is 0.312. The lowest BCUT2D eigenvalue weighted by Crippen LogP contribution is -2.54. The van der Waals surface area contributed by atoms with E-state index < -0.39 is 17.3 Å². The van der Waals surface area contributed by atoms with Crippen molar-refractivity contribution in [2.75, 3.05) is 11.5 Å². The normalized spacial score (nSPS) is 26.1. The molecule has 3 aliphatic carbocycles. The molecule has 2 amide bonds. The Labute approximate surface area is 198 Å². The van der Waals surface area contributed by atoms with Crippen molar-refractivity contribution in [1.82, 2.24) is 0 Å². The van der Waals surface area contributed by atoms with Crippen molar-refractivity contribution >= 4 is 23.8 Å². The van der Waals surface area contributed by atoms with Gasteiger partial charge >= 0.3 is 0 Å². The molecule has 34 heavy (non-hydrogen) atoms. The molecule has 170 valence electrons. The molecule has 0 aromatic heterocycles. The first kappa shape index (κ1) is 20.8. The highest BCUT2D eigenvalue weighted by Gasteiger charge is 2.68. The summed E-state index contributed by atoms with van der Waals surface area (Å²) in [6.45, 7) is 2.73. The lowest BCUT2D eigenvalue weighted by molar-refractivity contribution is -0.128. The summed E-state index contributed by atoms with van der Waals surface area (Å²) in [5, 5.41) is 0. The van der Waals surface area contributed by atoms with Crippen molar-refractivity contribution in [2.45, 2.75) is 31.1 Å². The third kappa shape index (κ3) is 2.58. The molecule has 0 saturated carbocycles. The minimum atomic E-state index is -1.17. The van der Waals surface area contributed by atoms with Gasteiger partial charge in [0.15, 0.2) is 0 Å². The van der Waals surface area contributed by atoms with Crippen LogP contribution in [-0.2, 0) is 19.8 Å². The van der Waals surface area contributed by atoms with Crippen LogP contribution in [0.25, 0.3) is 0 Å². The van der Waals surface area contributed by atoms with E-state index in [9.17, 15) is 14.4 Å². The standard InChI is InChI=1S/C29H25NO4/c1-2-3-16-34-19-14-12-18(13-15-19)30-27(32)25-24-20-8-4-6-10-22(20)29(17-31,26(25)28(30)33)23-11-7-5-9-21(23)24/h4-15,17,24-26H,2-3,16H2,1H3/t24?,25-,26-,29?/m1/s1. The van der Waals surface area contributed by atoms with Crippen molar-refractivity contribution in [3.05, 3.63) is 95.1 Å². The van der Waals surface area contributed by atoms with E-state index in [-0.39, 0.29) is 17.7 Å². The van der Waals surface area contributed by atoms with Gasteiger partial charge in [-0.2, -0.15) is 0 Å². The monoisotopic (exact) mass is 451 g/mol. The largest absolute Gasteiger partial charge is 0.494 e. The maximum Gasteiger partial charge on any atom is 0.239 e. The zero-order valence-electron chi connectivity index (χ0n) is 18.9. The first-order chi connectivity index (χ1) is 16.6. The molecule has 1 heterocycles. The summed E-state index contributed by atoms with van der Waals surface area (Å²) in [6, 6.07) is 22.6. The molecule has 1 fully saturated rings. The lowest BCUT2D eigenvalue weighted by atomic mass is 9.48. The van der Waals surface area contributed by atoms with Crippen LogP contribution in [0, 0.1) is 11.8 Å². The number of amides is 2. The molecule has 3 aromatic rings. The number of nitrogens with zero attached hydrogens (tertiary/aromatic N) is 1. The molecule has 4 aliphatic rings. The van der Waals surface area contributed by atoms with E-state index in [1.807, 2.05) is 48.5 Å². The fourth-order valence-electron chi connectivity index (χ4n) is 6.31. The Kier molecular flexibility index (Phi) is 4.70. The van der Waals surface area contributed by atoms with Gasteiger partial charge in [-0.3, -0.25) is 9.59 Å². The van der Waals surface area contributed by atoms with Gasteiger partial charge in [0.1, 0.15) is 12.0 Å². The van der Waals surface area contributed by atoms with Gasteiger partial charge in [-0.1, -0.05) is 61.9 Å². The van der Waals surface area contributed by atoms with Crippen molar-refractivity contribution < 1.29 is 19.1 Å². The number of rotatable bonds is 6. The minimum Gasteiger partial charge on any atom is -0.494 e. The Morgan fingerprint density at radius 2 is 1.50 bits per heavy atom. The van der Waals surface area contributed by atoms with E-state index in [2.05, 4.69) is 6.92 Å². The third-order valence-corrected chi connectivity index (χ3v) is 7.73. The molecular formula is C29H25NO4. The third-order valence-electron chi connectivity index (χ3n) is 7.73. The SMILES string of the molecule is CCCCOc1ccc(N2C(=O)[C@@H]3C4c5ccccc5C(C=O)(c5ccccc54)[C@H]3C2=O)cc1. The van der Waals surface area contributed by atoms with Crippen LogP contribution in [0.15, 0.2) is 72.8 Å². The molecule has 7 rings (SSSR count). The van der Waals surface area contributed by atoms with Crippen LogP contribution in [0.3, 0.4) is 0 Å². The predicted molar refractivity (Wildman–Crippen MR) is 128 cm³/mol. The molecule has 0 N–H and O–H groups in total. The van der Waals surface area contributed by atoms with Crippen LogP contribution in [0.2, 0.25) is 0 Å². The average Bonchev–Trinajstić information content (AvgIpc) is 3.15. The van der Waals surface area contributed by atoms with E-state index in [4.69, 9.17) is 4.74 Å². The Morgan fingerprint density at radius 1 is 0.882 bits per heavy atom. The van der Waals surface area contributed by atoms with Crippen molar-refractivity contribution in [3.63, 3.8) is 0 Å². The van der Waals surface area contributed by atoms with E-state index in [0.717, 1.165) is 41.4 Å². The van der Waals surface area contributed by atoms with Gasteiger partial charge in [0, 0.05) is 5.92 Å². The van der Waals surface area contributed by atoms with Gasteiger partial charge in [0.2, 0.25) is 11.8 Å². The highest BCUT2D eigenvalue weighted by Crippen LogP contribution is 2.63. The molecule has 2 bridgehead atoms. The van der Waals surface area contributed by atoms with Crippen LogP contribution < -0.4 is 9.64 Å². The number of ether oxygens (including phenoxy) is 1. The lowest BCUT2D eigenvalue weighted by Gasteiger charge is -2.51. The molecule has 3 aromatic carbocycles. The second-order valence-electron chi connectivity index (χ2n) is 9.35. The number of carbonyl (C=O) groups is 3. The molecule has 1 aliphatic heterocycles. The Balaban J connectivity index is 1.46. The molecular weight excluding hydrogens is 426 g/mol. The first-order valence-electron chi connectivity index (χ1n) is 11.9. The summed E-state index contributed by atoms with van der Waals surface area (Å²) in [5.74, 6) is -1.46. The van der Waals surface area contributed by atoms with Crippen molar-refractivity contribution in [3.8, 4) is 5.75 Å². The summed E-state index contributed by atoms with van der Waals surface area (Å²) in [4.78, 5) is 42.1. The molecule has 0 radical (unpaired) electrons. The first-order valence-corrected chi connectivity index (χ1v) is 11.9. The Morgan fingerprint density at radius 3 is 2.09 bits per heavy atom. The van der Waals surface area contributed by atoms with Crippen molar-refractivity contribution in [2.24, 2.45) is 11.8 Å². The summed E-state index contributed by atoms with van der Waals surface area (Å²) < 4.78 is 5.74. The van der Waals surface area contributed by atoms with Gasteiger partial charge in [-0.15, -0.1) is 0 Å². The van der Waals surface area contributed by atoms with Crippen LogP contribution in [0.1, 0.15) is 47.9 Å². The van der Waals surface area contributed by atoms with Crippen LogP contribution in [0.5, 0.6) is 5.75 Å². The molecule has 1 saturated heterocycles. The number of aldehydes is 1. The fraction of sp³-hybridized carbons (Fsp3) is 0.276. The number of anilines is 1. The number of carbonyl (C=O) groups excluding carboxylic acids is 3. The highest BCUT2D eigenvalue weighted by molar-refractivity contribution is 6.24. The molecule has 5 heteroatoms. The molecule has 2 atom stereocenters. The summed E-state index contributed by atoms with van der Waals surface area (Å²) in [5.41, 5.74) is 2.97. The number of hydrogen-bond donors (Lipinski definition) is 0. The Bertz CT molecular complexity index is 1260. The van der Waals surface area contributed by atoms with E-state index in [0.29, 0.717) is 18.0 Å². The number of imide groups is 1. The predicted octanol–water partition coefficient (Wildman–Crippen LogP) is 4.62. The Hall–Kier alpha value is -3.73. The van der Waals surface area contributed by atoms with E-state index in [1.54, 1.807) is 24.3 Å².